The van der Waals surface area contributed by atoms with Crippen molar-refractivity contribution < 1.29 is 92.2 Å². The molecule has 212 valence electrons. The summed E-state index contributed by atoms with van der Waals surface area (Å²) in [5, 5.41) is -7.62. The molecule has 0 fully saturated rings. The predicted molar refractivity (Wildman–Crippen MR) is 73.9 cm³/mol. The normalized spacial score (nSPS) is 18.5. The molecule has 35 heavy (non-hydrogen) atoms. The zero-order chi connectivity index (χ0) is 29.5. The zero-order valence-corrected chi connectivity index (χ0v) is 17.8. The molecule has 0 radical (unpaired) electrons. The van der Waals surface area contributed by atoms with Gasteiger partial charge in [-0.1, -0.05) is 0 Å². The first-order valence-corrected chi connectivity index (χ1v) is 12.1. The van der Waals surface area contributed by atoms with Gasteiger partial charge in [0.2, 0.25) is 0 Å². The Morgan fingerprint density at radius 1 is 0.286 bits per heavy atom. The van der Waals surface area contributed by atoms with Crippen LogP contribution >= 0.6 is 33.2 Å². The first kappa shape index (κ1) is 34.6. The Morgan fingerprint density at radius 3 is 0.657 bits per heavy atom. The predicted octanol–water partition coefficient (Wildman–Crippen LogP) is 8.46. The summed E-state index contributed by atoms with van der Waals surface area (Å²) in [6, 6.07) is -7.35. The summed E-state index contributed by atoms with van der Waals surface area (Å²) >= 11 is 12.6. The van der Waals surface area contributed by atoms with Gasteiger partial charge < -0.3 is 0 Å². The van der Waals surface area contributed by atoms with E-state index in [4.69, 9.17) is 0 Å². The molecule has 0 saturated heterocycles. The molecule has 0 N–H and O–H groups in total. The monoisotopic (exact) mass is 652 g/mol. The molecule has 0 bridgehead atoms. The van der Waals surface area contributed by atoms with E-state index in [1.807, 2.05) is 0 Å². The average molecular weight is 654 g/mol. The summed E-state index contributed by atoms with van der Waals surface area (Å²) in [6.45, 7) is 0. The quantitative estimate of drug-likeness (QED) is 0.140. The second-order valence-electron chi connectivity index (χ2n) is 6.17. The fourth-order valence-corrected chi connectivity index (χ4v) is 4.76. The lowest BCUT2D eigenvalue weighted by Gasteiger charge is -2.46. The van der Waals surface area contributed by atoms with Crippen LogP contribution in [0, 0.1) is 0 Å². The second-order valence-corrected chi connectivity index (χ2v) is 14.7. The third kappa shape index (κ3) is 4.18. The van der Waals surface area contributed by atoms with Gasteiger partial charge in [-0.25, -0.2) is 4.39 Å². The van der Waals surface area contributed by atoms with Crippen LogP contribution < -0.4 is 0 Å². The van der Waals surface area contributed by atoms with Gasteiger partial charge in [0.15, 0.2) is 0 Å². The molecule has 1 atom stereocenters. The molecule has 0 saturated carbocycles. The summed E-state index contributed by atoms with van der Waals surface area (Å²) in [5.74, 6) is -62.5. The summed E-state index contributed by atoms with van der Waals surface area (Å²) in [4.78, 5) is 0. The Labute approximate surface area is 191 Å². The molecule has 25 heteroatoms. The van der Waals surface area contributed by atoms with Gasteiger partial charge in [0.1, 0.15) is 0 Å². The number of halogens is 24. The van der Waals surface area contributed by atoms with Crippen LogP contribution in [0.5, 0.6) is 0 Å². The third-order valence-electron chi connectivity index (χ3n) is 3.94. The highest BCUT2D eigenvalue weighted by molar-refractivity contribution is 7.65. The topological polar surface area (TPSA) is 0 Å². The van der Waals surface area contributed by atoms with Crippen molar-refractivity contribution in [1.29, 1.82) is 0 Å². The van der Waals surface area contributed by atoms with E-state index in [-0.39, 0.29) is 0 Å². The molecule has 0 spiro atoms. The van der Waals surface area contributed by atoms with E-state index in [0.29, 0.717) is 0 Å². The fraction of sp³-hybridized carbons (Fsp3) is 1.00. The highest BCUT2D eigenvalue weighted by Crippen LogP contribution is 2.67. The van der Waals surface area contributed by atoms with E-state index in [1.165, 1.54) is 0 Å². The largest absolute Gasteiger partial charge is 0.460 e. The van der Waals surface area contributed by atoms with Crippen molar-refractivity contribution in [2.24, 2.45) is 0 Å². The highest BCUT2D eigenvalue weighted by Gasteiger charge is 2.99. The molecule has 0 nitrogen and oxygen atoms in total. The fourth-order valence-electron chi connectivity index (χ4n) is 1.90. The highest BCUT2D eigenvalue weighted by atomic mass is 35.8. The second kappa shape index (κ2) is 8.31. The zero-order valence-electron chi connectivity index (χ0n) is 14.6. The SMILES string of the molecule is FC(F)(F)C(F)(F)C(F)(F)C(F)(F)C(F)(F)C(F)(F)C(F)(F)C(F)(F)C(F)(C(F)(F)F)[Si](Cl)(Cl)Cl. The third-order valence-corrected chi connectivity index (χ3v) is 7.66. The van der Waals surface area contributed by atoms with E-state index >= 15 is 0 Å². The van der Waals surface area contributed by atoms with Crippen molar-refractivity contribution in [2.75, 3.05) is 0 Å². The van der Waals surface area contributed by atoms with Crippen molar-refractivity contribution in [3.05, 3.63) is 0 Å². The van der Waals surface area contributed by atoms with Gasteiger partial charge in [-0.3, -0.25) is 0 Å². The summed E-state index contributed by atoms with van der Waals surface area (Å²) in [5.41, 5.74) is 0. The molecule has 0 aromatic carbocycles. The van der Waals surface area contributed by atoms with Gasteiger partial charge in [-0.2, -0.15) is 87.8 Å². The maximum atomic E-state index is 14.0. The molecule has 0 aliphatic rings. The van der Waals surface area contributed by atoms with Crippen LogP contribution in [0.15, 0.2) is 0 Å². The van der Waals surface area contributed by atoms with Crippen LogP contribution in [0.3, 0.4) is 0 Å². The van der Waals surface area contributed by atoms with Gasteiger partial charge in [-0.05, 0) is 0 Å². The molecule has 0 aromatic heterocycles. The smallest absolute Gasteiger partial charge is 0.226 e. The van der Waals surface area contributed by atoms with Crippen LogP contribution in [-0.2, 0) is 0 Å². The summed E-state index contributed by atoms with van der Waals surface area (Å²) in [7, 11) is 0. The van der Waals surface area contributed by atoms with Crippen molar-refractivity contribution in [2.45, 2.75) is 59.1 Å². The van der Waals surface area contributed by atoms with Crippen LogP contribution in [0.1, 0.15) is 0 Å². The van der Waals surface area contributed by atoms with Crippen LogP contribution in [0.2, 0.25) is 0 Å². The van der Waals surface area contributed by atoms with Crippen LogP contribution in [0.4, 0.5) is 92.2 Å². The molecule has 0 heterocycles. The van der Waals surface area contributed by atoms with Crippen LogP contribution in [0.25, 0.3) is 0 Å². The van der Waals surface area contributed by atoms with Gasteiger partial charge in [0.05, 0.1) is 0 Å². The Balaban J connectivity index is 7.32. The first-order valence-electron chi connectivity index (χ1n) is 7.04. The molecule has 0 aliphatic heterocycles. The lowest BCUT2D eigenvalue weighted by atomic mass is 9.87. The lowest BCUT2D eigenvalue weighted by molar-refractivity contribution is -0.467. The molecule has 0 aromatic rings. The summed E-state index contributed by atoms with van der Waals surface area (Å²) in [6.07, 6.45) is -15.8. The van der Waals surface area contributed by atoms with Crippen molar-refractivity contribution in [1.82, 2.24) is 0 Å². The Kier molecular flexibility index (Phi) is 8.22. The van der Waals surface area contributed by atoms with E-state index in [1.54, 1.807) is 0 Å². The van der Waals surface area contributed by atoms with Crippen molar-refractivity contribution in [3.63, 3.8) is 0 Å². The Bertz CT molecular complexity index is 775. The molecule has 0 aliphatic carbocycles. The van der Waals surface area contributed by atoms with E-state index < -0.39 is 65.1 Å². The Hall–Kier alpha value is -0.383. The standard InChI is InChI=1S/C10Cl3F21Si/c11-35(12,13)8(28,10(32,33)34)6(24,25)4(20,21)2(16,17)1(14,15)3(18,19)5(22,23)7(26,27)9(29,30)31. The van der Waals surface area contributed by atoms with Gasteiger partial charge in [0.25, 0.3) is 0 Å². The minimum Gasteiger partial charge on any atom is -0.226 e. The summed E-state index contributed by atoms with van der Waals surface area (Å²) < 4.78 is 274. The minimum atomic E-state index is -9.22. The van der Waals surface area contributed by atoms with Gasteiger partial charge in [0, 0.05) is 0 Å². The number of rotatable bonds is 8. The average Bonchev–Trinajstić information content (AvgIpc) is 2.56. The lowest BCUT2D eigenvalue weighted by Crippen LogP contribution is -2.79. The van der Waals surface area contributed by atoms with Crippen molar-refractivity contribution >= 4 is 39.2 Å². The number of alkyl halides is 21. The number of hydrogen-bond donors (Lipinski definition) is 0. The Morgan fingerprint density at radius 2 is 0.486 bits per heavy atom. The molecular formula is C10Cl3F21Si. The van der Waals surface area contributed by atoms with E-state index in [9.17, 15) is 92.2 Å². The molecular weight excluding hydrogens is 654 g/mol. The number of hydrogen-bond acceptors (Lipinski definition) is 0. The van der Waals surface area contributed by atoms with Gasteiger partial charge >= 0.3 is 65.1 Å². The van der Waals surface area contributed by atoms with Crippen molar-refractivity contribution in [3.8, 4) is 0 Å². The first-order chi connectivity index (χ1) is 14.5. The maximum Gasteiger partial charge on any atom is 0.460 e. The van der Waals surface area contributed by atoms with E-state index in [0.717, 1.165) is 0 Å². The minimum absolute atomic E-state index is 4.19. The molecule has 1 unspecified atom stereocenters. The maximum absolute atomic E-state index is 14.0. The van der Waals surface area contributed by atoms with Crippen LogP contribution in [-0.4, -0.2) is 65.1 Å². The molecule has 0 rings (SSSR count). The van der Waals surface area contributed by atoms with E-state index in [2.05, 4.69) is 33.2 Å². The molecule has 0 amide bonds. The van der Waals surface area contributed by atoms with Gasteiger partial charge in [-0.15, -0.1) is 33.2 Å².